The molecular weight excluding hydrogens is 676 g/mol. The van der Waals surface area contributed by atoms with Gasteiger partial charge in [0.2, 0.25) is 11.6 Å². The molecule has 0 aliphatic carbocycles. The zero-order chi connectivity index (χ0) is 28.8. The summed E-state index contributed by atoms with van der Waals surface area (Å²) in [7, 11) is 0. The Morgan fingerprint density at radius 2 is 0.826 bits per heavy atom. The smallest absolute Gasteiger partial charge is 0.353 e. The monoisotopic (exact) mass is 727 g/mol. The van der Waals surface area contributed by atoms with E-state index < -0.39 is 0 Å². The first-order valence-corrected chi connectivity index (χ1v) is 16.7. The van der Waals surface area contributed by atoms with Crippen LogP contribution in [0.3, 0.4) is 0 Å². The van der Waals surface area contributed by atoms with Crippen LogP contribution in [0.2, 0.25) is 0 Å². The molecule has 6 aliphatic heterocycles. The molecule has 264 valence electrons. The van der Waals surface area contributed by atoms with Crippen molar-refractivity contribution in [3.63, 3.8) is 0 Å². The molecule has 2 N–H and O–H groups in total. The first-order chi connectivity index (χ1) is 20.3. The molecule has 6 aliphatic rings. The summed E-state index contributed by atoms with van der Waals surface area (Å²) < 4.78 is 4.89. The average Bonchev–Trinajstić information content (AvgIpc) is 3.02. The topological polar surface area (TPSA) is 99.5 Å². The minimum atomic E-state index is -0.208. The molecule has 46 heavy (non-hydrogen) atoms. The molecule has 13 nitrogen and oxygen atoms in total. The number of nitrogens with one attached hydrogen (secondary N) is 2. The molecule has 0 unspecified atom stereocenters. The quantitative estimate of drug-likeness (QED) is 0.180. The number of anilines is 2. The predicted molar refractivity (Wildman–Crippen MR) is 163 cm³/mol. The summed E-state index contributed by atoms with van der Waals surface area (Å²) in [5, 5.41) is 19.7. The Balaban J connectivity index is 0.00000144. The summed E-state index contributed by atoms with van der Waals surface area (Å²) in [5.41, 5.74) is 0.121. The van der Waals surface area contributed by atoms with Gasteiger partial charge in [-0.1, -0.05) is 0 Å². The Morgan fingerprint density at radius 3 is 1.11 bits per heavy atom. The second kappa shape index (κ2) is 15.7. The molecule has 0 amide bonds. The van der Waals surface area contributed by atoms with Crippen LogP contribution in [-0.2, 0) is 0 Å². The lowest BCUT2D eigenvalue weighted by molar-refractivity contribution is -1.03. The van der Waals surface area contributed by atoms with Gasteiger partial charge in [-0.05, 0) is 6.92 Å². The lowest BCUT2D eigenvalue weighted by Gasteiger charge is -2.53. The molecule has 0 bridgehead atoms. The standard InChI is InChI=1S/C29H53N11O2.4ClH/c1-26-32-28(34-6-14-39(15-7-34)22-18-37(19-23-39)10-2-30-3-11-37)27(36(41)42)29(33-26)35-8-16-40(17-9-35)24-20-38(21-25-40)12-4-31-5-13-38;;;;/h30-31H,2-25H2,1H3;4*1H/q+4;;;;/p-4. The van der Waals surface area contributed by atoms with E-state index in [-0.39, 0.29) is 60.2 Å². The number of nitro groups is 1. The Bertz CT molecular complexity index is 1070. The molecule has 4 spiro atoms. The van der Waals surface area contributed by atoms with Gasteiger partial charge in [-0.2, -0.15) is 0 Å². The highest BCUT2D eigenvalue weighted by Gasteiger charge is 2.47. The number of rotatable bonds is 3. The third kappa shape index (κ3) is 7.74. The SMILES string of the molecule is Cc1nc(N2CC[N+]3(CC2)CC[N+]2(CCNCC2)CC3)c([N+](=O)[O-])c(N2CC[N+]3(CC2)CC[N+]2(CCNCC2)CC3)n1.[Cl-].[Cl-].[Cl-].[Cl-]. The van der Waals surface area contributed by atoms with E-state index in [9.17, 15) is 10.1 Å². The summed E-state index contributed by atoms with van der Waals surface area (Å²) in [6.45, 7) is 29.0. The van der Waals surface area contributed by atoms with Crippen LogP contribution >= 0.6 is 0 Å². The summed E-state index contributed by atoms with van der Waals surface area (Å²) in [6.07, 6.45) is 0. The maximum absolute atomic E-state index is 12.6. The fourth-order valence-electron chi connectivity index (χ4n) is 9.02. The molecule has 7 heterocycles. The number of piperazine rings is 6. The van der Waals surface area contributed by atoms with Gasteiger partial charge in [0.25, 0.3) is 0 Å². The summed E-state index contributed by atoms with van der Waals surface area (Å²) in [5.74, 6) is 1.72. The molecule has 17 heteroatoms. The van der Waals surface area contributed by atoms with Crippen LogP contribution in [0.5, 0.6) is 0 Å². The number of aryl methyl sites for hydroxylation is 1. The van der Waals surface area contributed by atoms with Gasteiger partial charge in [0, 0.05) is 26.2 Å². The van der Waals surface area contributed by atoms with Gasteiger partial charge >= 0.3 is 5.69 Å². The van der Waals surface area contributed by atoms with Gasteiger partial charge in [-0.25, -0.2) is 9.97 Å². The van der Waals surface area contributed by atoms with Crippen LogP contribution in [0.1, 0.15) is 5.82 Å². The minimum Gasteiger partial charge on any atom is -1.00 e. The van der Waals surface area contributed by atoms with Crippen LogP contribution in [-0.4, -0.2) is 190 Å². The molecule has 0 atom stereocenters. The van der Waals surface area contributed by atoms with Crippen molar-refractivity contribution in [2.75, 3.05) is 167 Å². The van der Waals surface area contributed by atoms with Crippen molar-refractivity contribution in [2.24, 2.45) is 0 Å². The third-order valence-electron chi connectivity index (χ3n) is 12.4. The number of quaternary nitrogens is 4. The van der Waals surface area contributed by atoms with E-state index in [4.69, 9.17) is 9.97 Å². The summed E-state index contributed by atoms with van der Waals surface area (Å²) in [4.78, 5) is 26.3. The second-order valence-electron chi connectivity index (χ2n) is 14.4. The van der Waals surface area contributed by atoms with E-state index in [0.717, 1.165) is 87.5 Å². The largest absolute Gasteiger partial charge is 1.00 e. The van der Waals surface area contributed by atoms with Crippen LogP contribution < -0.4 is 70.1 Å². The van der Waals surface area contributed by atoms with Crippen LogP contribution in [0.15, 0.2) is 0 Å². The first kappa shape index (κ1) is 39.4. The molecule has 0 saturated carbocycles. The molecule has 0 radical (unpaired) electrons. The molecular formula is C29H53Cl4N11O2. The number of halogens is 4. The van der Waals surface area contributed by atoms with E-state index in [1.54, 1.807) is 0 Å². The molecule has 1 aromatic rings. The highest BCUT2D eigenvalue weighted by Crippen LogP contribution is 2.37. The zero-order valence-electron chi connectivity index (χ0n) is 27.3. The molecule has 6 fully saturated rings. The average molecular weight is 730 g/mol. The maximum Gasteiger partial charge on any atom is 0.353 e. The lowest BCUT2D eigenvalue weighted by atomic mass is 10.1. The fourth-order valence-corrected chi connectivity index (χ4v) is 9.02. The Morgan fingerprint density at radius 1 is 0.543 bits per heavy atom. The van der Waals surface area contributed by atoms with Crippen LogP contribution in [0.4, 0.5) is 17.3 Å². The number of hydrogen-bond acceptors (Lipinski definition) is 8. The number of nitrogens with zero attached hydrogens (tertiary/aromatic N) is 9. The van der Waals surface area contributed by atoms with E-state index in [0.29, 0.717) is 17.5 Å². The first-order valence-electron chi connectivity index (χ1n) is 16.7. The summed E-state index contributed by atoms with van der Waals surface area (Å²) >= 11 is 0. The van der Waals surface area contributed by atoms with Crippen molar-refractivity contribution in [1.82, 2.24) is 20.6 Å². The van der Waals surface area contributed by atoms with Crippen molar-refractivity contribution in [3.8, 4) is 0 Å². The zero-order valence-corrected chi connectivity index (χ0v) is 30.3. The van der Waals surface area contributed by atoms with Gasteiger partial charge in [0.1, 0.15) is 58.2 Å². The number of hydrogen-bond donors (Lipinski definition) is 2. The Kier molecular flexibility index (Phi) is 13.5. The van der Waals surface area contributed by atoms with Gasteiger partial charge in [-0.15, -0.1) is 0 Å². The normalized spacial score (nSPS) is 25.9. The highest BCUT2D eigenvalue weighted by atomic mass is 35.5. The van der Waals surface area contributed by atoms with Gasteiger partial charge in [0.05, 0.1) is 83.5 Å². The molecule has 7 rings (SSSR count). The van der Waals surface area contributed by atoms with E-state index >= 15 is 0 Å². The van der Waals surface area contributed by atoms with Crippen LogP contribution in [0, 0.1) is 17.0 Å². The van der Waals surface area contributed by atoms with Crippen molar-refractivity contribution in [2.45, 2.75) is 6.92 Å². The molecule has 1 aromatic heterocycles. The number of aromatic nitrogens is 2. The van der Waals surface area contributed by atoms with Gasteiger partial charge in [0.15, 0.2) is 0 Å². The molecule has 6 saturated heterocycles. The summed E-state index contributed by atoms with van der Waals surface area (Å²) in [6, 6.07) is 0. The van der Waals surface area contributed by atoms with E-state index in [1.165, 1.54) is 87.5 Å². The Hall–Kier alpha value is -1.00. The van der Waals surface area contributed by atoms with Gasteiger partial charge in [-0.3, -0.25) is 10.1 Å². The van der Waals surface area contributed by atoms with Crippen molar-refractivity contribution in [3.05, 3.63) is 15.9 Å². The molecule has 0 aromatic carbocycles. The highest BCUT2D eigenvalue weighted by molar-refractivity contribution is 5.72. The second-order valence-corrected chi connectivity index (χ2v) is 14.4. The van der Waals surface area contributed by atoms with Crippen molar-refractivity contribution >= 4 is 17.3 Å². The van der Waals surface area contributed by atoms with Crippen LogP contribution in [0.25, 0.3) is 0 Å². The minimum absolute atomic E-state index is 0. The Labute approximate surface area is 299 Å². The third-order valence-corrected chi connectivity index (χ3v) is 12.4. The van der Waals surface area contributed by atoms with E-state index in [2.05, 4.69) is 20.4 Å². The lowest BCUT2D eigenvalue weighted by Crippen LogP contribution is -3.00. The van der Waals surface area contributed by atoms with E-state index in [1.807, 2.05) is 6.92 Å². The van der Waals surface area contributed by atoms with Crippen molar-refractivity contribution in [1.29, 1.82) is 0 Å². The maximum atomic E-state index is 12.6. The fraction of sp³-hybridized carbons (Fsp3) is 0.862. The van der Waals surface area contributed by atoms with Crippen molar-refractivity contribution < 1.29 is 72.5 Å². The predicted octanol–water partition coefficient (Wildman–Crippen LogP) is -13.1. The van der Waals surface area contributed by atoms with Gasteiger partial charge < -0.3 is 88.0 Å².